The summed E-state index contributed by atoms with van der Waals surface area (Å²) in [4.78, 5) is 82.8. The molecule has 60 heavy (non-hydrogen) atoms. The lowest BCUT2D eigenvalue weighted by Crippen LogP contribution is -2.63. The first-order chi connectivity index (χ1) is 28.5. The van der Waals surface area contributed by atoms with E-state index in [2.05, 4.69) is 16.0 Å². The lowest BCUT2D eigenvalue weighted by molar-refractivity contribution is -0.155. The summed E-state index contributed by atoms with van der Waals surface area (Å²) in [5.74, 6) is -2.47. The highest BCUT2D eigenvalue weighted by Gasteiger charge is 2.42. The molecule has 3 N–H and O–H groups in total. The molecule has 4 rings (SSSR count). The summed E-state index contributed by atoms with van der Waals surface area (Å²) in [7, 11) is 1.46. The molecule has 0 aliphatic carbocycles. The van der Waals surface area contributed by atoms with Crippen molar-refractivity contribution in [3.8, 4) is 5.75 Å². The second-order valence-corrected chi connectivity index (χ2v) is 16.3. The van der Waals surface area contributed by atoms with E-state index in [1.807, 2.05) is 30.3 Å². The number of nitrogens with zero attached hydrogens (tertiary/aromatic N) is 1. The van der Waals surface area contributed by atoms with Gasteiger partial charge in [-0.25, -0.2) is 14.4 Å². The summed E-state index contributed by atoms with van der Waals surface area (Å²) in [6.07, 6.45) is 1.12. The maximum absolute atomic E-state index is 14.4. The smallest absolute Gasteiger partial charge is 0.408 e. The average molecular weight is 849 g/mol. The number of ether oxygens (including phenoxy) is 4. The first-order valence-electron chi connectivity index (χ1n) is 20.2. The molecule has 4 amide bonds. The number of rotatable bonds is 19. The number of hydrogen-bond donors (Lipinski definition) is 3. The fraction of sp³-hybridized carbons (Fsp3) is 0.467. The van der Waals surface area contributed by atoms with E-state index < -0.39 is 65.0 Å². The molecule has 1 saturated heterocycles. The van der Waals surface area contributed by atoms with Crippen LogP contribution in [0, 0.1) is 0 Å². The SMILES string of the molecule is CC[C@](C)(NC(=O)[C@@H](CCCCOC(=O)c1ccccc1)NC(=O)OC(C)(C)C)C(=O)N[C@@H](Cc1ccc(Cl)c(OC)c1)C(=O)N1CCC[C@@H]1C(=O)OCc1ccccc1. The number of likely N-dealkylation sites (tertiary alicyclic amines) is 1. The van der Waals surface area contributed by atoms with Crippen LogP contribution in [0.3, 0.4) is 0 Å². The number of unbranched alkanes of at least 4 members (excludes halogenated alkanes) is 1. The number of amides is 4. The van der Waals surface area contributed by atoms with Gasteiger partial charge in [0.15, 0.2) is 0 Å². The number of esters is 2. The number of benzene rings is 3. The van der Waals surface area contributed by atoms with Gasteiger partial charge < -0.3 is 39.8 Å². The van der Waals surface area contributed by atoms with Gasteiger partial charge in [-0.05, 0) is 102 Å². The molecule has 0 bridgehead atoms. The van der Waals surface area contributed by atoms with Gasteiger partial charge >= 0.3 is 18.0 Å². The van der Waals surface area contributed by atoms with Crippen LogP contribution in [-0.2, 0) is 46.4 Å². The van der Waals surface area contributed by atoms with Crippen LogP contribution in [-0.4, -0.2) is 90.2 Å². The van der Waals surface area contributed by atoms with Crippen LogP contribution in [0.4, 0.5) is 4.79 Å². The zero-order valence-electron chi connectivity index (χ0n) is 35.2. The number of halogens is 1. The molecular weight excluding hydrogens is 792 g/mol. The Morgan fingerprint density at radius 3 is 2.18 bits per heavy atom. The highest BCUT2D eigenvalue weighted by Crippen LogP contribution is 2.27. The Bertz CT molecular complexity index is 1940. The zero-order chi connectivity index (χ0) is 43.9. The van der Waals surface area contributed by atoms with Crippen molar-refractivity contribution in [2.45, 2.75) is 115 Å². The number of hydrogen-bond acceptors (Lipinski definition) is 10. The third-order valence-electron chi connectivity index (χ3n) is 10.0. The zero-order valence-corrected chi connectivity index (χ0v) is 36.0. The van der Waals surface area contributed by atoms with Gasteiger partial charge in [0, 0.05) is 13.0 Å². The van der Waals surface area contributed by atoms with Gasteiger partial charge in [0.05, 0.1) is 24.3 Å². The van der Waals surface area contributed by atoms with Crippen LogP contribution in [0.15, 0.2) is 78.9 Å². The van der Waals surface area contributed by atoms with Crippen molar-refractivity contribution in [1.82, 2.24) is 20.9 Å². The third-order valence-corrected chi connectivity index (χ3v) is 10.3. The summed E-state index contributed by atoms with van der Waals surface area (Å²) < 4.78 is 21.8. The molecule has 0 aromatic heterocycles. The molecule has 1 heterocycles. The van der Waals surface area contributed by atoms with Crippen molar-refractivity contribution in [2.24, 2.45) is 0 Å². The van der Waals surface area contributed by atoms with E-state index in [0.717, 1.165) is 5.56 Å². The van der Waals surface area contributed by atoms with Crippen molar-refractivity contribution in [1.29, 1.82) is 0 Å². The molecule has 0 spiro atoms. The van der Waals surface area contributed by atoms with E-state index in [-0.39, 0.29) is 39.0 Å². The van der Waals surface area contributed by atoms with Crippen LogP contribution in [0.25, 0.3) is 0 Å². The molecule has 0 radical (unpaired) electrons. The second-order valence-electron chi connectivity index (χ2n) is 15.9. The van der Waals surface area contributed by atoms with Crippen molar-refractivity contribution in [3.63, 3.8) is 0 Å². The molecule has 0 saturated carbocycles. The first-order valence-corrected chi connectivity index (χ1v) is 20.6. The normalized spacial score (nSPS) is 15.7. The van der Waals surface area contributed by atoms with Crippen molar-refractivity contribution in [3.05, 3.63) is 101 Å². The summed E-state index contributed by atoms with van der Waals surface area (Å²) >= 11 is 6.29. The van der Waals surface area contributed by atoms with Crippen LogP contribution in [0.5, 0.6) is 5.75 Å². The number of nitrogens with one attached hydrogen (secondary N) is 3. The molecule has 1 aliphatic heterocycles. The van der Waals surface area contributed by atoms with Crippen LogP contribution in [0.2, 0.25) is 5.02 Å². The maximum Gasteiger partial charge on any atom is 0.408 e. The number of methoxy groups -OCH3 is 1. The van der Waals surface area contributed by atoms with E-state index in [4.69, 9.17) is 30.5 Å². The number of alkyl carbamates (subject to hydrolysis) is 1. The number of carbonyl (C=O) groups excluding carboxylic acids is 6. The lowest BCUT2D eigenvalue weighted by Gasteiger charge is -2.34. The fourth-order valence-electron chi connectivity index (χ4n) is 6.54. The van der Waals surface area contributed by atoms with Gasteiger partial charge in [-0.2, -0.15) is 0 Å². The molecule has 0 unspecified atom stereocenters. The number of carbonyl (C=O) groups is 6. The highest BCUT2D eigenvalue weighted by molar-refractivity contribution is 6.32. The van der Waals surface area contributed by atoms with Gasteiger partial charge in [0.1, 0.15) is 41.6 Å². The quantitative estimate of drug-likeness (QED) is 0.0703. The Kier molecular flexibility index (Phi) is 17.3. The predicted molar refractivity (Wildman–Crippen MR) is 225 cm³/mol. The largest absolute Gasteiger partial charge is 0.495 e. The Hall–Kier alpha value is -5.63. The molecule has 1 fully saturated rings. The first kappa shape index (κ1) is 47.1. The molecule has 1 aliphatic rings. The Balaban J connectivity index is 1.50. The van der Waals surface area contributed by atoms with E-state index in [0.29, 0.717) is 47.6 Å². The minimum Gasteiger partial charge on any atom is -0.495 e. The van der Waals surface area contributed by atoms with Crippen LogP contribution < -0.4 is 20.7 Å². The van der Waals surface area contributed by atoms with E-state index in [1.165, 1.54) is 18.9 Å². The van der Waals surface area contributed by atoms with E-state index in [9.17, 15) is 28.8 Å². The molecular formula is C45H57ClN4O10. The van der Waals surface area contributed by atoms with Crippen LogP contribution in [0.1, 0.15) is 94.6 Å². The molecule has 15 heteroatoms. The van der Waals surface area contributed by atoms with Crippen molar-refractivity contribution in [2.75, 3.05) is 20.3 Å². The third kappa shape index (κ3) is 14.0. The molecule has 324 valence electrons. The monoisotopic (exact) mass is 848 g/mol. The molecule has 14 nitrogen and oxygen atoms in total. The van der Waals surface area contributed by atoms with E-state index >= 15 is 0 Å². The molecule has 3 aromatic rings. The molecule has 4 atom stereocenters. The Morgan fingerprint density at radius 2 is 1.53 bits per heavy atom. The second kappa shape index (κ2) is 22.1. The summed E-state index contributed by atoms with van der Waals surface area (Å²) in [6.45, 7) is 8.71. The topological polar surface area (TPSA) is 179 Å². The average Bonchev–Trinajstić information content (AvgIpc) is 3.72. The fourth-order valence-corrected chi connectivity index (χ4v) is 6.74. The summed E-state index contributed by atoms with van der Waals surface area (Å²) in [5.41, 5.74) is -0.576. The predicted octanol–water partition coefficient (Wildman–Crippen LogP) is 6.32. The Morgan fingerprint density at radius 1 is 0.850 bits per heavy atom. The lowest BCUT2D eigenvalue weighted by atomic mass is 9.94. The minimum atomic E-state index is -1.56. The van der Waals surface area contributed by atoms with Gasteiger partial charge in [0.25, 0.3) is 0 Å². The van der Waals surface area contributed by atoms with Gasteiger partial charge in [0.2, 0.25) is 17.7 Å². The van der Waals surface area contributed by atoms with Crippen LogP contribution >= 0.6 is 11.6 Å². The minimum absolute atomic E-state index is 0.00575. The van der Waals surface area contributed by atoms with Crippen molar-refractivity contribution < 1.29 is 47.7 Å². The Labute approximate surface area is 357 Å². The maximum atomic E-state index is 14.4. The van der Waals surface area contributed by atoms with Gasteiger partial charge in [-0.3, -0.25) is 14.4 Å². The van der Waals surface area contributed by atoms with Gasteiger partial charge in [-0.1, -0.05) is 73.1 Å². The van der Waals surface area contributed by atoms with E-state index in [1.54, 1.807) is 76.2 Å². The highest BCUT2D eigenvalue weighted by atomic mass is 35.5. The van der Waals surface area contributed by atoms with Gasteiger partial charge in [-0.15, -0.1) is 0 Å². The molecule has 3 aromatic carbocycles. The standard InChI is InChI=1S/C45H57ClN4O10/c1-7-45(5,49-38(51)34(48-43(56)60-44(2,3)4)21-14-15-26-58-40(53)32-19-12-9-13-20-32)42(55)47-35(27-31-23-24-33(46)37(28-31)57-6)39(52)50-25-16-22-36(50)41(54)59-29-30-17-10-8-11-18-30/h8-13,17-20,23-24,28,34-36H,7,14-16,21-22,25-27,29H2,1-6H3,(H,47,55)(H,48,56)(H,49,51)/t34-,35+,36-,45+/m1/s1. The summed E-state index contributed by atoms with van der Waals surface area (Å²) in [6, 6.07) is 19.6. The van der Waals surface area contributed by atoms with Crippen molar-refractivity contribution >= 4 is 47.4 Å². The summed E-state index contributed by atoms with van der Waals surface area (Å²) in [5, 5.41) is 8.67.